The smallest absolute Gasteiger partial charge is 0.258 e. The Balaban J connectivity index is 1.39. The number of morpholine rings is 1. The number of aromatic nitrogens is 1. The number of aliphatic hydroxyl groups excluding tert-OH is 1. The fourth-order valence-corrected chi connectivity index (χ4v) is 6.04. The molecule has 1 aromatic carbocycles. The summed E-state index contributed by atoms with van der Waals surface area (Å²) in [6.45, 7) is 6.72. The first-order chi connectivity index (χ1) is 18.2. The number of carbonyl (C=O) groups is 1. The van der Waals surface area contributed by atoms with Crippen LogP contribution in [0.4, 0.5) is 23.0 Å². The molecule has 2 saturated heterocycles. The van der Waals surface area contributed by atoms with Gasteiger partial charge in [0, 0.05) is 26.2 Å². The van der Waals surface area contributed by atoms with Crippen LogP contribution in [0.1, 0.15) is 49.9 Å². The van der Waals surface area contributed by atoms with Gasteiger partial charge in [-0.2, -0.15) is 0 Å². The summed E-state index contributed by atoms with van der Waals surface area (Å²) in [6, 6.07) is 10.5. The number of benzene rings is 1. The van der Waals surface area contributed by atoms with Gasteiger partial charge in [-0.25, -0.2) is 13.4 Å². The summed E-state index contributed by atoms with van der Waals surface area (Å²) in [7, 11) is -3.76. The number of nitrogens with one attached hydrogen (secondary N) is 2. The van der Waals surface area contributed by atoms with E-state index in [1.54, 1.807) is 24.3 Å². The van der Waals surface area contributed by atoms with Crippen molar-refractivity contribution in [2.75, 3.05) is 59.2 Å². The lowest BCUT2D eigenvalue weighted by Gasteiger charge is -2.35. The van der Waals surface area contributed by atoms with Gasteiger partial charge in [-0.05, 0) is 75.3 Å². The molecular formula is C27H37N5O5S. The molecule has 1 aliphatic carbocycles. The monoisotopic (exact) mass is 543 g/mol. The molecule has 3 N–H and O–H groups in total. The zero-order valence-electron chi connectivity index (χ0n) is 22.0. The van der Waals surface area contributed by atoms with Gasteiger partial charge in [0.15, 0.2) is 0 Å². The van der Waals surface area contributed by atoms with Crippen molar-refractivity contribution >= 4 is 38.9 Å². The lowest BCUT2D eigenvalue weighted by atomic mass is 9.93. The molecular weight excluding hydrogens is 506 g/mol. The van der Waals surface area contributed by atoms with E-state index in [0.717, 1.165) is 44.8 Å². The van der Waals surface area contributed by atoms with Gasteiger partial charge < -0.3 is 25.0 Å². The Kier molecular flexibility index (Phi) is 7.52. The largest absolute Gasteiger partial charge is 0.395 e. The average molecular weight is 544 g/mol. The van der Waals surface area contributed by atoms with Gasteiger partial charge in [0.25, 0.3) is 5.91 Å². The molecule has 1 unspecified atom stereocenters. The van der Waals surface area contributed by atoms with E-state index in [0.29, 0.717) is 34.8 Å². The maximum absolute atomic E-state index is 13.5. The molecule has 10 nitrogen and oxygen atoms in total. The summed E-state index contributed by atoms with van der Waals surface area (Å²) < 4.78 is 33.3. The van der Waals surface area contributed by atoms with Crippen LogP contribution in [0, 0.1) is 5.41 Å². The Morgan fingerprint density at radius 1 is 1.16 bits per heavy atom. The number of amides is 1. The van der Waals surface area contributed by atoms with Crippen LogP contribution in [0.25, 0.3) is 0 Å². The lowest BCUT2D eigenvalue weighted by molar-refractivity contribution is 0.0529. The summed E-state index contributed by atoms with van der Waals surface area (Å²) in [5.74, 6) is 0.936. The summed E-state index contributed by atoms with van der Waals surface area (Å²) in [5, 5.41) is 11.3. The van der Waals surface area contributed by atoms with Gasteiger partial charge in [-0.3, -0.25) is 9.52 Å². The van der Waals surface area contributed by atoms with Crippen molar-refractivity contribution in [2.24, 2.45) is 5.41 Å². The molecule has 2 aromatic rings. The van der Waals surface area contributed by atoms with Crippen LogP contribution in [0.15, 0.2) is 36.4 Å². The van der Waals surface area contributed by atoms with Gasteiger partial charge in [0.2, 0.25) is 10.0 Å². The highest BCUT2D eigenvalue weighted by Crippen LogP contribution is 2.54. The molecule has 11 heteroatoms. The van der Waals surface area contributed by atoms with E-state index in [1.165, 1.54) is 19.8 Å². The molecule has 5 rings (SSSR count). The van der Waals surface area contributed by atoms with Crippen molar-refractivity contribution in [3.8, 4) is 0 Å². The van der Waals surface area contributed by atoms with Crippen molar-refractivity contribution in [3.63, 3.8) is 0 Å². The zero-order valence-corrected chi connectivity index (χ0v) is 22.8. The number of piperidine rings is 1. The van der Waals surface area contributed by atoms with E-state index in [2.05, 4.69) is 24.8 Å². The normalized spacial score (nSPS) is 21.7. The highest BCUT2D eigenvalue weighted by Gasteiger charge is 2.44. The zero-order chi connectivity index (χ0) is 26.9. The molecule has 38 heavy (non-hydrogen) atoms. The molecule has 3 aliphatic rings. The summed E-state index contributed by atoms with van der Waals surface area (Å²) in [5.41, 5.74) is 1.97. The number of rotatable bonds is 8. The second-order valence-corrected chi connectivity index (χ2v) is 12.9. The number of aliphatic hydroxyl groups is 1. The van der Waals surface area contributed by atoms with Crippen molar-refractivity contribution in [1.82, 2.24) is 4.98 Å². The minimum atomic E-state index is -3.76. The Morgan fingerprint density at radius 3 is 2.61 bits per heavy atom. The van der Waals surface area contributed by atoms with Crippen LogP contribution in [0.5, 0.6) is 0 Å². The van der Waals surface area contributed by atoms with Crippen molar-refractivity contribution in [3.05, 3.63) is 42.0 Å². The molecule has 1 saturated carbocycles. The number of sulfonamides is 1. The lowest BCUT2D eigenvalue weighted by Crippen LogP contribution is -2.41. The summed E-state index contributed by atoms with van der Waals surface area (Å²) >= 11 is 0. The SMILES string of the molecule is CC(CO)S(=O)(=O)Nc1ccc(C(=O)Nc2cccc(N3CCO[C@@H](C)C3)n2)c(N2CCC3(CC2)CC3)c1. The topological polar surface area (TPSA) is 124 Å². The number of anilines is 4. The number of hydrogen-bond acceptors (Lipinski definition) is 8. The summed E-state index contributed by atoms with van der Waals surface area (Å²) in [6.07, 6.45) is 4.76. The predicted molar refractivity (Wildman–Crippen MR) is 148 cm³/mol. The van der Waals surface area contributed by atoms with E-state index in [9.17, 15) is 18.3 Å². The Morgan fingerprint density at radius 2 is 1.92 bits per heavy atom. The van der Waals surface area contributed by atoms with E-state index in [-0.39, 0.29) is 12.0 Å². The molecule has 0 bridgehead atoms. The molecule has 1 aromatic heterocycles. The molecule has 3 heterocycles. The highest BCUT2D eigenvalue weighted by molar-refractivity contribution is 7.93. The van der Waals surface area contributed by atoms with Crippen LogP contribution in [-0.4, -0.2) is 75.2 Å². The second kappa shape index (κ2) is 10.7. The van der Waals surface area contributed by atoms with Crippen molar-refractivity contribution in [2.45, 2.75) is 50.9 Å². The third-order valence-corrected chi connectivity index (χ3v) is 9.68. The van der Waals surface area contributed by atoms with Crippen LogP contribution >= 0.6 is 0 Å². The molecule has 1 spiro atoms. The number of carbonyl (C=O) groups excluding carboxylic acids is 1. The number of ether oxygens (including phenoxy) is 1. The maximum atomic E-state index is 13.5. The third kappa shape index (κ3) is 5.89. The minimum absolute atomic E-state index is 0.113. The van der Waals surface area contributed by atoms with Crippen molar-refractivity contribution < 1.29 is 23.1 Å². The predicted octanol–water partition coefficient (Wildman–Crippen LogP) is 3.06. The first kappa shape index (κ1) is 26.7. The second-order valence-electron chi connectivity index (χ2n) is 10.8. The molecule has 0 radical (unpaired) electrons. The number of nitrogens with zero attached hydrogens (tertiary/aromatic N) is 3. The van der Waals surface area contributed by atoms with Crippen LogP contribution in [0.2, 0.25) is 0 Å². The van der Waals surface area contributed by atoms with Crippen molar-refractivity contribution in [1.29, 1.82) is 0 Å². The van der Waals surface area contributed by atoms with Gasteiger partial charge in [0.05, 0.1) is 36.3 Å². The van der Waals surface area contributed by atoms with Gasteiger partial charge in [-0.15, -0.1) is 0 Å². The Labute approximate surface area is 224 Å². The standard InChI is InChI=1S/C27H37N5O5S/c1-19-17-32(14-15-37-19)25-5-3-4-24(28-25)29-26(34)22-7-6-21(30-38(35,36)20(2)18-33)16-23(22)31-12-10-27(8-9-27)11-13-31/h3-7,16,19-20,30,33H,8-15,17-18H2,1-2H3,(H,28,29,34)/t19-,20?/m0/s1. The third-order valence-electron chi connectivity index (χ3n) is 7.95. The fourth-order valence-electron chi connectivity index (χ4n) is 5.19. The van der Waals surface area contributed by atoms with Crippen LogP contribution < -0.4 is 19.8 Å². The van der Waals surface area contributed by atoms with Gasteiger partial charge in [-0.1, -0.05) is 6.07 Å². The molecule has 3 fully saturated rings. The first-order valence-corrected chi connectivity index (χ1v) is 14.9. The maximum Gasteiger partial charge on any atom is 0.258 e. The Hall–Kier alpha value is -2.89. The first-order valence-electron chi connectivity index (χ1n) is 13.3. The minimum Gasteiger partial charge on any atom is -0.395 e. The quantitative estimate of drug-likeness (QED) is 0.464. The van der Waals surface area contributed by atoms with Gasteiger partial charge in [0.1, 0.15) is 16.9 Å². The Bertz CT molecular complexity index is 1270. The molecule has 1 amide bonds. The van der Waals surface area contributed by atoms with E-state index >= 15 is 0 Å². The fraction of sp³-hybridized carbons (Fsp3) is 0.556. The molecule has 2 atom stereocenters. The van der Waals surface area contributed by atoms with E-state index in [4.69, 9.17) is 4.74 Å². The number of hydrogen-bond donors (Lipinski definition) is 3. The molecule has 2 aliphatic heterocycles. The highest BCUT2D eigenvalue weighted by atomic mass is 32.2. The van der Waals surface area contributed by atoms with E-state index < -0.39 is 21.9 Å². The number of pyridine rings is 1. The van der Waals surface area contributed by atoms with Crippen LogP contribution in [0.3, 0.4) is 0 Å². The van der Waals surface area contributed by atoms with Gasteiger partial charge >= 0.3 is 0 Å². The van der Waals surface area contributed by atoms with Crippen LogP contribution in [-0.2, 0) is 14.8 Å². The average Bonchev–Trinajstić information content (AvgIpc) is 3.67. The van der Waals surface area contributed by atoms with E-state index in [1.807, 2.05) is 19.1 Å². The summed E-state index contributed by atoms with van der Waals surface area (Å²) in [4.78, 5) is 22.5. The molecule has 206 valence electrons.